The van der Waals surface area contributed by atoms with Crippen molar-refractivity contribution < 1.29 is 51.3 Å². The van der Waals surface area contributed by atoms with Crippen LogP contribution in [0.25, 0.3) is 0 Å². The van der Waals surface area contributed by atoms with Crippen molar-refractivity contribution in [3.63, 3.8) is 0 Å². The molecule has 2 rings (SSSR count). The standard InChI is InChI=1S/C24H32O11S2/c1-17(36-35-34-26)13-15-32-21-9-5-19(6-10-21)23(25)24(30-3,31-4)20-7-11-22(12-8-20)33-16-14-18(2)37(27,28)29/h5-12,17-18,26H,13-16H2,1-4H3,(H,27,28,29). The zero-order valence-corrected chi connectivity index (χ0v) is 22.6. The maximum Gasteiger partial charge on any atom is 0.267 e. The molecule has 2 atom stereocenters. The van der Waals surface area contributed by atoms with Crippen LogP contribution in [0.15, 0.2) is 48.5 Å². The lowest BCUT2D eigenvalue weighted by molar-refractivity contribution is -0.432. The van der Waals surface area contributed by atoms with E-state index in [2.05, 4.69) is 9.37 Å². The lowest BCUT2D eigenvalue weighted by atomic mass is 9.95. The van der Waals surface area contributed by atoms with Gasteiger partial charge in [-0.3, -0.25) is 9.35 Å². The zero-order valence-electron chi connectivity index (χ0n) is 21.0. The highest BCUT2D eigenvalue weighted by atomic mass is 32.2. The second kappa shape index (κ2) is 14.6. The SMILES string of the molecule is COC(OC)(C(=O)c1ccc(OCCC(C)SOOO)cc1)c1ccc(OCCC(C)S(=O)(=O)O)cc1. The summed E-state index contributed by atoms with van der Waals surface area (Å²) in [4.78, 5) is 13.4. The Morgan fingerprint density at radius 3 is 1.92 bits per heavy atom. The van der Waals surface area contributed by atoms with Crippen LogP contribution in [0.5, 0.6) is 11.5 Å². The average Bonchev–Trinajstić information content (AvgIpc) is 2.89. The topological polar surface area (TPSA) is 147 Å². The van der Waals surface area contributed by atoms with Crippen molar-refractivity contribution in [2.45, 2.75) is 43.0 Å². The fourth-order valence-corrected chi connectivity index (χ4v) is 4.02. The van der Waals surface area contributed by atoms with Crippen LogP contribution in [0.4, 0.5) is 0 Å². The fourth-order valence-electron chi connectivity index (χ4n) is 3.27. The van der Waals surface area contributed by atoms with Gasteiger partial charge >= 0.3 is 0 Å². The van der Waals surface area contributed by atoms with Gasteiger partial charge < -0.3 is 18.9 Å². The summed E-state index contributed by atoms with van der Waals surface area (Å²) in [5.41, 5.74) is 0.773. The number of hydrogen-bond donors (Lipinski definition) is 2. The molecule has 0 heterocycles. The monoisotopic (exact) mass is 560 g/mol. The third-order valence-corrected chi connectivity index (χ3v) is 7.51. The summed E-state index contributed by atoms with van der Waals surface area (Å²) in [6.45, 7) is 3.74. The summed E-state index contributed by atoms with van der Waals surface area (Å²) in [7, 11) is -1.38. The molecule has 2 N–H and O–H groups in total. The van der Waals surface area contributed by atoms with E-state index in [1.807, 2.05) is 6.92 Å². The van der Waals surface area contributed by atoms with Gasteiger partial charge in [-0.1, -0.05) is 12.0 Å². The predicted molar refractivity (Wildman–Crippen MR) is 136 cm³/mol. The molecule has 0 saturated heterocycles. The van der Waals surface area contributed by atoms with Crippen LogP contribution in [0.2, 0.25) is 0 Å². The van der Waals surface area contributed by atoms with E-state index in [0.29, 0.717) is 35.7 Å². The first-order valence-corrected chi connectivity index (χ1v) is 13.6. The number of carbonyl (C=O) groups excluding carboxylic acids is 1. The molecule has 37 heavy (non-hydrogen) atoms. The molecule has 0 aliphatic carbocycles. The zero-order chi connectivity index (χ0) is 27.5. The van der Waals surface area contributed by atoms with Crippen LogP contribution < -0.4 is 9.47 Å². The molecule has 206 valence electrons. The molecular weight excluding hydrogens is 528 g/mol. The highest BCUT2D eigenvalue weighted by Crippen LogP contribution is 2.32. The molecule has 0 spiro atoms. The van der Waals surface area contributed by atoms with E-state index in [1.54, 1.807) is 48.5 Å². The van der Waals surface area contributed by atoms with Gasteiger partial charge in [0, 0.05) is 49.1 Å². The Hall–Kier alpha value is -2.23. The molecule has 11 nitrogen and oxygen atoms in total. The number of ether oxygens (including phenoxy) is 4. The number of Topliss-reactive ketones (excluding diaryl/α,β-unsaturated/α-hetero) is 1. The smallest absolute Gasteiger partial charge is 0.267 e. The van der Waals surface area contributed by atoms with Crippen LogP contribution in [-0.2, 0) is 34.8 Å². The van der Waals surface area contributed by atoms with Gasteiger partial charge in [0.05, 0.1) is 18.5 Å². The van der Waals surface area contributed by atoms with Crippen molar-refractivity contribution in [3.8, 4) is 11.5 Å². The molecule has 2 unspecified atom stereocenters. The number of benzene rings is 2. The summed E-state index contributed by atoms with van der Waals surface area (Å²) in [6, 6.07) is 13.0. The number of ketones is 1. The Balaban J connectivity index is 2.04. The lowest BCUT2D eigenvalue weighted by Crippen LogP contribution is -2.40. The van der Waals surface area contributed by atoms with Crippen LogP contribution in [0.3, 0.4) is 0 Å². The average molecular weight is 561 g/mol. The van der Waals surface area contributed by atoms with E-state index >= 15 is 0 Å². The van der Waals surface area contributed by atoms with Crippen molar-refractivity contribution in [1.29, 1.82) is 0 Å². The normalized spacial score (nSPS) is 13.7. The molecule has 0 amide bonds. The maximum absolute atomic E-state index is 13.4. The second-order valence-corrected chi connectivity index (χ2v) is 11.0. The van der Waals surface area contributed by atoms with E-state index in [1.165, 1.54) is 21.1 Å². The number of hydrogen-bond acceptors (Lipinski definition) is 11. The molecular formula is C24H32O11S2. The van der Waals surface area contributed by atoms with E-state index in [9.17, 15) is 13.2 Å². The Morgan fingerprint density at radius 1 is 0.919 bits per heavy atom. The molecule has 0 bridgehead atoms. The van der Waals surface area contributed by atoms with Crippen molar-refractivity contribution in [2.24, 2.45) is 0 Å². The minimum Gasteiger partial charge on any atom is -0.494 e. The molecule has 0 fully saturated rings. The Bertz CT molecular complexity index is 1070. The third-order valence-electron chi connectivity index (χ3n) is 5.55. The van der Waals surface area contributed by atoms with Gasteiger partial charge in [-0.05, 0) is 61.9 Å². The van der Waals surface area contributed by atoms with Gasteiger partial charge in [0.25, 0.3) is 15.9 Å². The molecule has 2 aromatic carbocycles. The minimum atomic E-state index is -4.12. The first kappa shape index (κ1) is 31.0. The number of rotatable bonds is 17. The van der Waals surface area contributed by atoms with Crippen LogP contribution in [0.1, 0.15) is 42.6 Å². The lowest BCUT2D eigenvalue weighted by Gasteiger charge is -2.30. The van der Waals surface area contributed by atoms with Crippen molar-refractivity contribution >= 4 is 27.9 Å². The Labute approximate surface area is 220 Å². The van der Waals surface area contributed by atoms with E-state index < -0.39 is 26.9 Å². The molecule has 2 aromatic rings. The largest absolute Gasteiger partial charge is 0.494 e. The Morgan fingerprint density at radius 2 is 1.43 bits per heavy atom. The van der Waals surface area contributed by atoms with Gasteiger partial charge in [0.2, 0.25) is 5.78 Å². The quantitative estimate of drug-likeness (QED) is 0.0710. The summed E-state index contributed by atoms with van der Waals surface area (Å²) in [5, 5.41) is 10.8. The molecule has 0 aromatic heterocycles. The van der Waals surface area contributed by atoms with Gasteiger partial charge in [-0.2, -0.15) is 8.42 Å². The van der Waals surface area contributed by atoms with E-state index in [4.69, 9.17) is 28.8 Å². The molecule has 0 aliphatic heterocycles. The summed E-state index contributed by atoms with van der Waals surface area (Å²) < 4.78 is 58.0. The van der Waals surface area contributed by atoms with Crippen molar-refractivity contribution in [3.05, 3.63) is 59.7 Å². The highest BCUT2D eigenvalue weighted by molar-refractivity contribution is 7.95. The first-order valence-electron chi connectivity index (χ1n) is 11.3. The third kappa shape index (κ3) is 8.93. The van der Waals surface area contributed by atoms with E-state index in [-0.39, 0.29) is 18.3 Å². The Kier molecular flexibility index (Phi) is 12.3. The maximum atomic E-state index is 13.4. The molecule has 0 radical (unpaired) electrons. The van der Waals surface area contributed by atoms with Gasteiger partial charge in [0.1, 0.15) is 11.5 Å². The fraction of sp³-hybridized carbons (Fsp3) is 0.458. The number of carbonyl (C=O) groups is 1. The van der Waals surface area contributed by atoms with Crippen molar-refractivity contribution in [2.75, 3.05) is 27.4 Å². The van der Waals surface area contributed by atoms with Crippen molar-refractivity contribution in [1.82, 2.24) is 0 Å². The van der Waals surface area contributed by atoms with Gasteiger partial charge in [0.15, 0.2) is 0 Å². The first-order chi connectivity index (χ1) is 17.6. The van der Waals surface area contributed by atoms with Crippen LogP contribution in [0, 0.1) is 0 Å². The molecule has 0 aliphatic rings. The van der Waals surface area contributed by atoms with Crippen LogP contribution in [-0.4, -0.2) is 61.9 Å². The highest BCUT2D eigenvalue weighted by Gasteiger charge is 2.41. The van der Waals surface area contributed by atoms with Gasteiger partial charge in [-0.15, -0.1) is 4.33 Å². The summed E-state index contributed by atoms with van der Waals surface area (Å²) >= 11 is 0.966. The summed E-state index contributed by atoms with van der Waals surface area (Å²) in [6.07, 6.45) is 0.744. The van der Waals surface area contributed by atoms with Gasteiger partial charge in [-0.25, -0.2) is 5.26 Å². The van der Waals surface area contributed by atoms with Crippen LogP contribution >= 0.6 is 12.0 Å². The van der Waals surface area contributed by atoms with E-state index in [0.717, 1.165) is 12.0 Å². The minimum absolute atomic E-state index is 0.0223. The summed E-state index contributed by atoms with van der Waals surface area (Å²) in [5.74, 6) is -1.12. The molecule has 0 saturated carbocycles. The number of methoxy groups -OCH3 is 2. The predicted octanol–water partition coefficient (Wildman–Crippen LogP) is 4.29. The second-order valence-electron chi connectivity index (χ2n) is 8.05. The molecule has 13 heteroatoms.